The van der Waals surface area contributed by atoms with Crippen molar-refractivity contribution in [3.05, 3.63) is 94.5 Å². The highest BCUT2D eigenvalue weighted by Gasteiger charge is 2.54. The summed E-state index contributed by atoms with van der Waals surface area (Å²) in [6.45, 7) is 10.0. The zero-order valence-corrected chi connectivity index (χ0v) is 22.4. The van der Waals surface area contributed by atoms with E-state index in [4.69, 9.17) is 21.1 Å². The van der Waals surface area contributed by atoms with Gasteiger partial charge >= 0.3 is 0 Å². The van der Waals surface area contributed by atoms with Crippen LogP contribution in [0.1, 0.15) is 68.7 Å². The summed E-state index contributed by atoms with van der Waals surface area (Å²) in [5, 5.41) is 12.4. The van der Waals surface area contributed by atoms with E-state index in [2.05, 4.69) is 24.0 Å². The summed E-state index contributed by atoms with van der Waals surface area (Å²) in [6.07, 6.45) is 2.53. The predicted molar refractivity (Wildman–Crippen MR) is 147 cm³/mol. The summed E-state index contributed by atoms with van der Waals surface area (Å²) in [4.78, 5) is 2.44. The van der Waals surface area contributed by atoms with E-state index in [-0.39, 0.29) is 5.92 Å². The highest BCUT2D eigenvalue weighted by Crippen LogP contribution is 2.57. The van der Waals surface area contributed by atoms with Crippen molar-refractivity contribution in [2.24, 2.45) is 0 Å². The third kappa shape index (κ3) is 5.27. The minimum atomic E-state index is -0.961. The van der Waals surface area contributed by atoms with Crippen molar-refractivity contribution in [3.63, 3.8) is 0 Å². The molecule has 0 aromatic heterocycles. The molecule has 0 bridgehead atoms. The molecule has 0 amide bonds. The zero-order chi connectivity index (χ0) is 25.5. The molecule has 5 rings (SSSR count). The van der Waals surface area contributed by atoms with Crippen molar-refractivity contribution in [2.75, 3.05) is 26.2 Å². The van der Waals surface area contributed by atoms with Gasteiger partial charge in [0, 0.05) is 29.1 Å². The molecule has 3 aromatic carbocycles. The van der Waals surface area contributed by atoms with Gasteiger partial charge in [-0.3, -0.25) is 4.90 Å². The molecule has 36 heavy (non-hydrogen) atoms. The van der Waals surface area contributed by atoms with Gasteiger partial charge in [0.1, 0.15) is 24.2 Å². The van der Waals surface area contributed by atoms with Crippen LogP contribution in [0.15, 0.2) is 72.8 Å². The number of aliphatic hydroxyl groups excluding tert-OH is 1. The first kappa shape index (κ1) is 26.5. The third-order valence-corrected chi connectivity index (χ3v) is 7.51. The Hall–Kier alpha value is -2.53. The van der Waals surface area contributed by atoms with Gasteiger partial charge in [-0.15, -0.1) is 0 Å². The number of benzene rings is 3. The van der Waals surface area contributed by atoms with Crippen LogP contribution in [-0.4, -0.2) is 36.2 Å². The van der Waals surface area contributed by atoms with E-state index < -0.39 is 11.7 Å². The first-order valence-electron chi connectivity index (χ1n) is 13.3. The smallest absolute Gasteiger partial charge is 0.171 e. The van der Waals surface area contributed by atoms with Gasteiger partial charge in [-0.2, -0.15) is 0 Å². The van der Waals surface area contributed by atoms with Crippen LogP contribution in [0.4, 0.5) is 0 Å². The Morgan fingerprint density at radius 2 is 1.72 bits per heavy atom. The summed E-state index contributed by atoms with van der Waals surface area (Å²) in [5.74, 6) is 1.39. The van der Waals surface area contributed by atoms with E-state index in [9.17, 15) is 5.11 Å². The molecule has 192 valence electrons. The number of nitrogens with zero attached hydrogens (tertiary/aromatic N) is 1. The van der Waals surface area contributed by atoms with Crippen molar-refractivity contribution in [1.82, 2.24) is 4.90 Å². The van der Waals surface area contributed by atoms with Crippen LogP contribution in [-0.2, 0) is 5.60 Å². The number of likely N-dealkylation sites (tertiary alicyclic amines) is 1. The maximum atomic E-state index is 11.8. The van der Waals surface area contributed by atoms with Crippen molar-refractivity contribution < 1.29 is 14.6 Å². The lowest BCUT2D eigenvalue weighted by Gasteiger charge is -2.40. The summed E-state index contributed by atoms with van der Waals surface area (Å²) >= 11 is 6.21. The second kappa shape index (κ2) is 12.1. The van der Waals surface area contributed by atoms with E-state index in [0.717, 1.165) is 48.5 Å². The number of fused-ring (bicyclic) bond motifs is 1. The third-order valence-electron chi connectivity index (χ3n) is 7.26. The lowest BCUT2D eigenvalue weighted by atomic mass is 9.72. The largest absolute Gasteiger partial charge is 0.492 e. The molecule has 0 unspecified atom stereocenters. The van der Waals surface area contributed by atoms with E-state index in [0.29, 0.717) is 17.4 Å². The van der Waals surface area contributed by atoms with Crippen LogP contribution >= 0.6 is 11.6 Å². The number of hydrogen-bond donors (Lipinski definition) is 1. The molecule has 1 fully saturated rings. The normalized spacial score (nSPS) is 21.8. The average Bonchev–Trinajstić information content (AvgIpc) is 3.53. The first-order chi connectivity index (χ1) is 17.6. The molecule has 0 saturated carbocycles. The summed E-state index contributed by atoms with van der Waals surface area (Å²) in [6, 6.07) is 23.8. The van der Waals surface area contributed by atoms with Gasteiger partial charge in [-0.25, -0.2) is 0 Å². The highest BCUT2D eigenvalue weighted by molar-refractivity contribution is 6.30. The van der Waals surface area contributed by atoms with E-state index in [1.165, 1.54) is 12.8 Å². The topological polar surface area (TPSA) is 41.9 Å². The molecule has 4 nitrogen and oxygen atoms in total. The van der Waals surface area contributed by atoms with Crippen molar-refractivity contribution >= 4 is 11.6 Å². The molecule has 1 N–H and O–H groups in total. The van der Waals surface area contributed by atoms with Crippen LogP contribution in [0, 0.1) is 0 Å². The molecular formula is C31H38ClNO3. The Balaban J connectivity index is 0.00000148. The molecule has 2 aliphatic rings. The summed E-state index contributed by atoms with van der Waals surface area (Å²) < 4.78 is 12.8. The van der Waals surface area contributed by atoms with Crippen molar-refractivity contribution in [1.29, 1.82) is 0 Å². The molecule has 5 heteroatoms. The summed E-state index contributed by atoms with van der Waals surface area (Å²) in [5.41, 5.74) is 1.87. The lowest BCUT2D eigenvalue weighted by Crippen LogP contribution is -2.41. The number of hydrogen-bond acceptors (Lipinski definition) is 4. The fraction of sp³-hybridized carbons (Fsp3) is 0.419. The van der Waals surface area contributed by atoms with Gasteiger partial charge in [0.05, 0.1) is 0 Å². The number of ether oxygens (including phenoxy) is 2. The number of rotatable bonds is 8. The van der Waals surface area contributed by atoms with E-state index in [1.807, 2.05) is 74.5 Å². The van der Waals surface area contributed by atoms with E-state index in [1.54, 1.807) is 0 Å². The van der Waals surface area contributed by atoms with Gasteiger partial charge in [-0.05, 0) is 67.7 Å². The average molecular weight is 508 g/mol. The van der Waals surface area contributed by atoms with Crippen molar-refractivity contribution in [2.45, 2.75) is 57.7 Å². The van der Waals surface area contributed by atoms with Crippen LogP contribution in [0.5, 0.6) is 11.5 Å². The fourth-order valence-corrected chi connectivity index (χ4v) is 5.67. The van der Waals surface area contributed by atoms with Crippen LogP contribution in [0.2, 0.25) is 5.02 Å². The zero-order valence-electron chi connectivity index (χ0n) is 21.6. The standard InChI is InChI=1S/C29H32ClNO3.C2H6/c1-2-26(21-8-4-3-5-9-21)29(22-10-12-23(30)13-11-22)28(32)25-15-14-24(20-27(25)34-29)33-19-18-31-16-6-7-17-31;1-2/h3-5,8-15,20,26,28,32H,2,6-7,16-19H2,1H3;1-2H3/t26-,28+,29-;/m0./s1. The lowest BCUT2D eigenvalue weighted by molar-refractivity contribution is -0.0552. The van der Waals surface area contributed by atoms with Crippen LogP contribution in [0.3, 0.4) is 0 Å². The second-order valence-corrected chi connectivity index (χ2v) is 9.71. The van der Waals surface area contributed by atoms with Gasteiger partial charge in [-0.1, -0.05) is 74.8 Å². The number of aliphatic hydroxyl groups is 1. The van der Waals surface area contributed by atoms with Crippen LogP contribution < -0.4 is 9.47 Å². The quantitative estimate of drug-likeness (QED) is 0.346. The molecule has 3 aromatic rings. The number of halogens is 1. The Kier molecular flexibility index (Phi) is 8.95. The Labute approximate surface area is 220 Å². The molecule has 3 atom stereocenters. The fourth-order valence-electron chi connectivity index (χ4n) is 5.55. The van der Waals surface area contributed by atoms with Gasteiger partial charge in [0.15, 0.2) is 5.60 Å². The minimum absolute atomic E-state index is 0.0585. The van der Waals surface area contributed by atoms with Crippen molar-refractivity contribution in [3.8, 4) is 11.5 Å². The highest BCUT2D eigenvalue weighted by atomic mass is 35.5. The summed E-state index contributed by atoms with van der Waals surface area (Å²) in [7, 11) is 0. The Morgan fingerprint density at radius 3 is 2.39 bits per heavy atom. The molecule has 0 spiro atoms. The SMILES string of the molecule is CC.CC[C@@H](c1ccccc1)[C@]1(c2ccc(Cl)cc2)Oc2cc(OCCN3CCCC3)ccc2[C@H]1O. The predicted octanol–water partition coefficient (Wildman–Crippen LogP) is 7.36. The van der Waals surface area contributed by atoms with Crippen LogP contribution in [0.25, 0.3) is 0 Å². The Morgan fingerprint density at radius 1 is 1.03 bits per heavy atom. The molecule has 0 radical (unpaired) electrons. The van der Waals surface area contributed by atoms with Gasteiger partial charge in [0.25, 0.3) is 0 Å². The monoisotopic (exact) mass is 507 g/mol. The maximum Gasteiger partial charge on any atom is 0.171 e. The molecule has 2 aliphatic heterocycles. The van der Waals surface area contributed by atoms with E-state index >= 15 is 0 Å². The minimum Gasteiger partial charge on any atom is -0.492 e. The van der Waals surface area contributed by atoms with Gasteiger partial charge < -0.3 is 14.6 Å². The second-order valence-electron chi connectivity index (χ2n) is 9.27. The Bertz CT molecular complexity index is 1100. The molecule has 2 heterocycles. The van der Waals surface area contributed by atoms with Gasteiger partial charge in [0.2, 0.25) is 0 Å². The molecule has 0 aliphatic carbocycles. The molecular weight excluding hydrogens is 470 g/mol. The molecule has 1 saturated heterocycles. The maximum absolute atomic E-state index is 11.8. The first-order valence-corrected chi connectivity index (χ1v) is 13.7.